The number of hydrogen-bond acceptors (Lipinski definition) is 4. The van der Waals surface area contributed by atoms with Gasteiger partial charge in [-0.15, -0.1) is 0 Å². The van der Waals surface area contributed by atoms with Crippen molar-refractivity contribution in [2.24, 2.45) is 17.6 Å². The van der Waals surface area contributed by atoms with Gasteiger partial charge in [0.05, 0.1) is 26.4 Å². The van der Waals surface area contributed by atoms with Crippen LogP contribution in [0.3, 0.4) is 0 Å². The minimum atomic E-state index is -0.130. The van der Waals surface area contributed by atoms with Crippen LogP contribution in [0.2, 0.25) is 0 Å². The minimum Gasteiger partial charge on any atom is -0.497 e. The van der Waals surface area contributed by atoms with Crippen molar-refractivity contribution in [2.75, 3.05) is 14.2 Å². The van der Waals surface area contributed by atoms with Crippen LogP contribution in [0.15, 0.2) is 18.2 Å². The third-order valence-corrected chi connectivity index (χ3v) is 4.53. The molecule has 0 aliphatic carbocycles. The van der Waals surface area contributed by atoms with E-state index in [1.807, 2.05) is 18.2 Å². The molecule has 5 unspecified atom stereocenters. The molecule has 5 atom stereocenters. The fourth-order valence-electron chi connectivity index (χ4n) is 3.22. The van der Waals surface area contributed by atoms with Gasteiger partial charge in [-0.1, -0.05) is 6.92 Å². The minimum absolute atomic E-state index is 0.130. The molecule has 112 valence electrons. The number of methoxy groups -OCH3 is 2. The lowest BCUT2D eigenvalue weighted by Gasteiger charge is -2.27. The highest BCUT2D eigenvalue weighted by atomic mass is 16.5. The standard InChI is InChI=1S/C16H25NO3/c1-9-10(2)20-11(3)15(9)16(17)13-8-12(18-4)6-7-14(13)19-5/h6-11,15-16H,17H2,1-5H3. The van der Waals surface area contributed by atoms with Crippen molar-refractivity contribution in [3.63, 3.8) is 0 Å². The average molecular weight is 279 g/mol. The van der Waals surface area contributed by atoms with Crippen molar-refractivity contribution in [3.8, 4) is 11.5 Å². The summed E-state index contributed by atoms with van der Waals surface area (Å²) in [7, 11) is 3.32. The molecule has 0 bridgehead atoms. The molecule has 0 radical (unpaired) electrons. The molecule has 1 heterocycles. The largest absolute Gasteiger partial charge is 0.497 e. The number of rotatable bonds is 4. The average Bonchev–Trinajstić information content (AvgIpc) is 2.70. The predicted octanol–water partition coefficient (Wildman–Crippen LogP) is 2.76. The van der Waals surface area contributed by atoms with Crippen LogP contribution in [0.4, 0.5) is 0 Å². The summed E-state index contributed by atoms with van der Waals surface area (Å²) in [5, 5.41) is 0. The molecular formula is C16H25NO3. The molecule has 1 aromatic rings. The summed E-state index contributed by atoms with van der Waals surface area (Å²) in [6.07, 6.45) is 0.378. The second-order valence-corrected chi connectivity index (χ2v) is 5.62. The Labute approximate surface area is 121 Å². The molecule has 0 saturated carbocycles. The molecule has 1 aromatic carbocycles. The molecule has 1 saturated heterocycles. The fraction of sp³-hybridized carbons (Fsp3) is 0.625. The second-order valence-electron chi connectivity index (χ2n) is 5.62. The van der Waals surface area contributed by atoms with Crippen molar-refractivity contribution in [1.29, 1.82) is 0 Å². The van der Waals surface area contributed by atoms with Crippen LogP contribution < -0.4 is 15.2 Å². The maximum atomic E-state index is 6.53. The van der Waals surface area contributed by atoms with E-state index in [9.17, 15) is 0 Å². The van der Waals surface area contributed by atoms with Crippen LogP contribution in [0, 0.1) is 11.8 Å². The van der Waals surface area contributed by atoms with E-state index in [0.29, 0.717) is 5.92 Å². The quantitative estimate of drug-likeness (QED) is 0.920. The van der Waals surface area contributed by atoms with E-state index in [2.05, 4.69) is 20.8 Å². The van der Waals surface area contributed by atoms with Crippen LogP contribution >= 0.6 is 0 Å². The molecule has 1 aliphatic rings. The van der Waals surface area contributed by atoms with Crippen LogP contribution in [0.5, 0.6) is 11.5 Å². The van der Waals surface area contributed by atoms with Gasteiger partial charge in [0.2, 0.25) is 0 Å². The molecule has 2 N–H and O–H groups in total. The van der Waals surface area contributed by atoms with Gasteiger partial charge >= 0.3 is 0 Å². The number of nitrogens with two attached hydrogens (primary N) is 1. The molecule has 0 amide bonds. The van der Waals surface area contributed by atoms with Gasteiger partial charge in [-0.2, -0.15) is 0 Å². The lowest BCUT2D eigenvalue weighted by atomic mass is 9.80. The summed E-state index contributed by atoms with van der Waals surface area (Å²) in [5.74, 6) is 2.28. The first kappa shape index (κ1) is 15.1. The lowest BCUT2D eigenvalue weighted by molar-refractivity contribution is 0.0489. The molecule has 4 nitrogen and oxygen atoms in total. The van der Waals surface area contributed by atoms with Gasteiger partial charge in [0.15, 0.2) is 0 Å². The van der Waals surface area contributed by atoms with E-state index in [0.717, 1.165) is 17.1 Å². The smallest absolute Gasteiger partial charge is 0.123 e. The maximum Gasteiger partial charge on any atom is 0.123 e. The Morgan fingerprint density at radius 2 is 1.80 bits per heavy atom. The Bertz CT molecular complexity index is 463. The maximum absolute atomic E-state index is 6.53. The third-order valence-electron chi connectivity index (χ3n) is 4.53. The van der Waals surface area contributed by atoms with Gasteiger partial charge in [-0.05, 0) is 38.0 Å². The first-order valence-electron chi connectivity index (χ1n) is 7.12. The summed E-state index contributed by atoms with van der Waals surface area (Å²) >= 11 is 0. The predicted molar refractivity (Wildman–Crippen MR) is 79.1 cm³/mol. The Kier molecular flexibility index (Phi) is 4.55. The van der Waals surface area contributed by atoms with Crippen LogP contribution in [-0.4, -0.2) is 26.4 Å². The summed E-state index contributed by atoms with van der Waals surface area (Å²) in [5.41, 5.74) is 7.51. The van der Waals surface area contributed by atoms with E-state index in [1.165, 1.54) is 0 Å². The fourth-order valence-corrected chi connectivity index (χ4v) is 3.22. The molecule has 20 heavy (non-hydrogen) atoms. The van der Waals surface area contributed by atoms with Crippen LogP contribution in [0.1, 0.15) is 32.4 Å². The molecule has 0 aromatic heterocycles. The van der Waals surface area contributed by atoms with Crippen LogP contribution in [0.25, 0.3) is 0 Å². The lowest BCUT2D eigenvalue weighted by Crippen LogP contribution is -2.31. The normalized spacial score (nSPS) is 31.1. The zero-order valence-corrected chi connectivity index (χ0v) is 12.9. The topological polar surface area (TPSA) is 53.7 Å². The number of benzene rings is 1. The van der Waals surface area contributed by atoms with E-state index in [1.54, 1.807) is 14.2 Å². The monoisotopic (exact) mass is 279 g/mol. The summed E-state index contributed by atoms with van der Waals surface area (Å²) in [6, 6.07) is 5.62. The molecular weight excluding hydrogens is 254 g/mol. The highest BCUT2D eigenvalue weighted by Gasteiger charge is 2.41. The van der Waals surface area contributed by atoms with Gasteiger partial charge < -0.3 is 19.9 Å². The second kappa shape index (κ2) is 6.02. The third kappa shape index (κ3) is 2.63. The zero-order valence-electron chi connectivity index (χ0n) is 12.9. The Balaban J connectivity index is 2.34. The van der Waals surface area contributed by atoms with Gasteiger partial charge in [0.1, 0.15) is 11.5 Å². The number of ether oxygens (including phenoxy) is 3. The summed E-state index contributed by atoms with van der Waals surface area (Å²) in [6.45, 7) is 6.40. The summed E-state index contributed by atoms with van der Waals surface area (Å²) < 4.78 is 16.7. The van der Waals surface area contributed by atoms with Gasteiger partial charge in [-0.3, -0.25) is 0 Å². The molecule has 0 spiro atoms. The number of hydrogen-bond donors (Lipinski definition) is 1. The van der Waals surface area contributed by atoms with Crippen molar-refractivity contribution in [1.82, 2.24) is 0 Å². The van der Waals surface area contributed by atoms with Crippen LogP contribution in [-0.2, 0) is 4.74 Å². The molecule has 1 aliphatic heterocycles. The first-order chi connectivity index (χ1) is 9.49. The highest BCUT2D eigenvalue weighted by molar-refractivity contribution is 5.42. The Morgan fingerprint density at radius 1 is 1.10 bits per heavy atom. The Morgan fingerprint density at radius 3 is 2.30 bits per heavy atom. The van der Waals surface area contributed by atoms with Crippen molar-refractivity contribution >= 4 is 0 Å². The van der Waals surface area contributed by atoms with Gasteiger partial charge in [0.25, 0.3) is 0 Å². The van der Waals surface area contributed by atoms with E-state index < -0.39 is 0 Å². The van der Waals surface area contributed by atoms with E-state index >= 15 is 0 Å². The summed E-state index contributed by atoms with van der Waals surface area (Å²) in [4.78, 5) is 0. The van der Waals surface area contributed by atoms with Crippen molar-refractivity contribution < 1.29 is 14.2 Å². The van der Waals surface area contributed by atoms with Crippen molar-refractivity contribution in [2.45, 2.75) is 39.0 Å². The SMILES string of the molecule is COc1ccc(OC)c(C(N)C2C(C)OC(C)C2C)c1. The molecule has 2 rings (SSSR count). The van der Waals surface area contributed by atoms with Gasteiger partial charge in [0, 0.05) is 17.5 Å². The first-order valence-corrected chi connectivity index (χ1v) is 7.12. The molecule has 4 heteroatoms. The van der Waals surface area contributed by atoms with E-state index in [-0.39, 0.29) is 24.2 Å². The molecule has 1 fully saturated rings. The highest BCUT2D eigenvalue weighted by Crippen LogP contribution is 2.42. The zero-order chi connectivity index (χ0) is 14.9. The Hall–Kier alpha value is -1.26. The van der Waals surface area contributed by atoms with Gasteiger partial charge in [-0.25, -0.2) is 0 Å². The van der Waals surface area contributed by atoms with Crippen molar-refractivity contribution in [3.05, 3.63) is 23.8 Å². The van der Waals surface area contributed by atoms with E-state index in [4.69, 9.17) is 19.9 Å².